The number of hydrogen-bond acceptors (Lipinski definition) is 3. The number of rotatable bonds is 4. The summed E-state index contributed by atoms with van der Waals surface area (Å²) in [6, 6.07) is 8.74. The van der Waals surface area contributed by atoms with Crippen LogP contribution in [-0.4, -0.2) is 25.2 Å². The lowest BCUT2D eigenvalue weighted by Crippen LogP contribution is -2.52. The Morgan fingerprint density at radius 2 is 1.66 bits per heavy atom. The van der Waals surface area contributed by atoms with E-state index in [0.717, 1.165) is 42.9 Å². The van der Waals surface area contributed by atoms with Crippen molar-refractivity contribution in [3.05, 3.63) is 30.3 Å². The zero-order valence-corrected chi connectivity index (χ0v) is 20.8. The third-order valence-corrected chi connectivity index (χ3v) is 11.9. The average molecular weight is 460 g/mol. The van der Waals surface area contributed by atoms with Gasteiger partial charge in [0.05, 0.1) is 10.5 Å². The van der Waals surface area contributed by atoms with Gasteiger partial charge in [-0.05, 0) is 125 Å². The second kappa shape index (κ2) is 8.09. The van der Waals surface area contributed by atoms with E-state index in [0.29, 0.717) is 16.7 Å². The highest BCUT2D eigenvalue weighted by molar-refractivity contribution is 7.89. The van der Waals surface area contributed by atoms with Gasteiger partial charge < -0.3 is 5.11 Å². The van der Waals surface area contributed by atoms with Crippen LogP contribution in [-0.2, 0) is 10.0 Å². The van der Waals surface area contributed by atoms with Crippen LogP contribution >= 0.6 is 0 Å². The van der Waals surface area contributed by atoms with Crippen LogP contribution in [0.25, 0.3) is 0 Å². The number of fused-ring (bicyclic) bond motifs is 5. The predicted octanol–water partition coefficient (Wildman–Crippen LogP) is 5.37. The van der Waals surface area contributed by atoms with Crippen LogP contribution < -0.4 is 4.72 Å². The summed E-state index contributed by atoms with van der Waals surface area (Å²) in [7, 11) is -3.49. The van der Waals surface area contributed by atoms with E-state index < -0.39 is 15.6 Å². The molecule has 1 aromatic rings. The summed E-state index contributed by atoms with van der Waals surface area (Å²) in [5, 5.41) is 10.6. The van der Waals surface area contributed by atoms with Crippen LogP contribution in [0.1, 0.15) is 78.6 Å². The van der Waals surface area contributed by atoms with Crippen molar-refractivity contribution in [2.45, 2.75) is 95.1 Å². The first-order chi connectivity index (χ1) is 15.1. The Morgan fingerprint density at radius 1 is 0.938 bits per heavy atom. The molecule has 4 nitrogen and oxygen atoms in total. The van der Waals surface area contributed by atoms with Crippen LogP contribution in [0.2, 0.25) is 0 Å². The van der Waals surface area contributed by atoms with Gasteiger partial charge in [0.1, 0.15) is 0 Å². The van der Waals surface area contributed by atoms with Gasteiger partial charge in [0.15, 0.2) is 0 Å². The predicted molar refractivity (Wildman–Crippen MR) is 127 cm³/mol. The van der Waals surface area contributed by atoms with Crippen LogP contribution in [0.3, 0.4) is 0 Å². The average Bonchev–Trinajstić information content (AvgIpc) is 3.10. The lowest BCUT2D eigenvalue weighted by atomic mass is 9.49. The molecule has 0 aromatic heterocycles. The Bertz CT molecular complexity index is 929. The molecule has 0 spiro atoms. The van der Waals surface area contributed by atoms with Crippen molar-refractivity contribution in [1.29, 1.82) is 0 Å². The standard InChI is InChI=1S/C27H41NO3S/c1-18(28-32(30,31)20-7-5-4-6-8-20)24-11-12-25-23-10-9-19-17-26(2,29)15-13-21(19)22(23)14-16-27(24,25)3/h4-8,18-19,21-25,28-29H,9-17H2,1-3H3/t18-,19+,21-,22+,23+,24+,25-,26+,27+/m0/s1. The van der Waals surface area contributed by atoms with Gasteiger partial charge >= 0.3 is 0 Å². The van der Waals surface area contributed by atoms with E-state index in [1.807, 2.05) is 13.0 Å². The molecule has 1 aromatic carbocycles. The molecule has 4 fully saturated rings. The highest BCUT2D eigenvalue weighted by atomic mass is 32.2. The Morgan fingerprint density at radius 3 is 2.41 bits per heavy atom. The maximum Gasteiger partial charge on any atom is 0.240 e. The number of sulfonamides is 1. The van der Waals surface area contributed by atoms with Gasteiger partial charge in [0.25, 0.3) is 0 Å². The summed E-state index contributed by atoms with van der Waals surface area (Å²) in [4.78, 5) is 0.363. The number of nitrogens with one attached hydrogen (secondary N) is 1. The molecule has 4 saturated carbocycles. The highest BCUT2D eigenvalue weighted by Gasteiger charge is 2.58. The first-order valence-corrected chi connectivity index (χ1v) is 14.4. The van der Waals surface area contributed by atoms with Crippen LogP contribution in [0.4, 0.5) is 0 Å². The van der Waals surface area contributed by atoms with Crippen molar-refractivity contribution >= 4 is 10.0 Å². The van der Waals surface area contributed by atoms with Crippen molar-refractivity contribution in [2.24, 2.45) is 40.9 Å². The molecule has 2 N–H and O–H groups in total. The Kier molecular flexibility index (Phi) is 5.78. The number of benzene rings is 1. The largest absolute Gasteiger partial charge is 0.390 e. The van der Waals surface area contributed by atoms with Gasteiger partial charge in [-0.2, -0.15) is 0 Å². The molecular weight excluding hydrogens is 418 g/mol. The summed E-state index contributed by atoms with van der Waals surface area (Å²) in [5.74, 6) is 4.23. The minimum absolute atomic E-state index is 0.0483. The second-order valence-electron chi connectivity index (χ2n) is 12.1. The second-order valence-corrected chi connectivity index (χ2v) is 13.8. The Balaban J connectivity index is 1.31. The Hall–Kier alpha value is -0.910. The van der Waals surface area contributed by atoms with Crippen LogP contribution in [0, 0.1) is 40.9 Å². The smallest absolute Gasteiger partial charge is 0.240 e. The zero-order chi connectivity index (χ0) is 22.7. The van der Waals surface area contributed by atoms with E-state index in [2.05, 4.69) is 18.6 Å². The topological polar surface area (TPSA) is 66.4 Å². The minimum Gasteiger partial charge on any atom is -0.390 e. The van der Waals surface area contributed by atoms with E-state index in [1.54, 1.807) is 24.3 Å². The molecule has 0 saturated heterocycles. The van der Waals surface area contributed by atoms with Crippen LogP contribution in [0.5, 0.6) is 0 Å². The number of hydrogen-bond donors (Lipinski definition) is 2. The highest BCUT2D eigenvalue weighted by Crippen LogP contribution is 2.65. The summed E-state index contributed by atoms with van der Waals surface area (Å²) in [6.07, 6.45) is 10.6. The van der Waals surface area contributed by atoms with Crippen LogP contribution in [0.15, 0.2) is 35.2 Å². The maximum atomic E-state index is 13.0. The molecule has 178 valence electrons. The fourth-order valence-corrected chi connectivity index (χ4v) is 10.2. The van der Waals surface area contributed by atoms with E-state index in [1.165, 1.54) is 38.5 Å². The lowest BCUT2D eigenvalue weighted by molar-refractivity contribution is -0.101. The fraction of sp³-hybridized carbons (Fsp3) is 0.778. The van der Waals surface area contributed by atoms with E-state index in [4.69, 9.17) is 0 Å². The third-order valence-electron chi connectivity index (χ3n) is 10.3. The Labute approximate surface area is 194 Å². The monoisotopic (exact) mass is 459 g/mol. The van der Waals surface area contributed by atoms with Gasteiger partial charge in [-0.25, -0.2) is 13.1 Å². The summed E-state index contributed by atoms with van der Waals surface area (Å²) in [5.41, 5.74) is -0.228. The van der Waals surface area contributed by atoms with Crippen molar-refractivity contribution in [3.63, 3.8) is 0 Å². The normalized spacial score (nSPS) is 44.9. The molecule has 0 unspecified atom stereocenters. The lowest BCUT2D eigenvalue weighted by Gasteiger charge is -2.57. The van der Waals surface area contributed by atoms with E-state index in [9.17, 15) is 13.5 Å². The van der Waals surface area contributed by atoms with Crippen molar-refractivity contribution in [2.75, 3.05) is 0 Å². The van der Waals surface area contributed by atoms with E-state index in [-0.39, 0.29) is 11.5 Å². The van der Waals surface area contributed by atoms with Gasteiger partial charge in [-0.3, -0.25) is 0 Å². The van der Waals surface area contributed by atoms with Crippen molar-refractivity contribution < 1.29 is 13.5 Å². The molecule has 0 heterocycles. The molecular formula is C27H41NO3S. The fourth-order valence-electron chi connectivity index (χ4n) is 8.94. The van der Waals surface area contributed by atoms with Gasteiger partial charge in [-0.15, -0.1) is 0 Å². The van der Waals surface area contributed by atoms with Gasteiger partial charge in [0, 0.05) is 6.04 Å². The third kappa shape index (κ3) is 3.86. The van der Waals surface area contributed by atoms with Crippen molar-refractivity contribution in [3.8, 4) is 0 Å². The summed E-state index contributed by atoms with van der Waals surface area (Å²) >= 11 is 0. The molecule has 4 aliphatic rings. The van der Waals surface area contributed by atoms with E-state index >= 15 is 0 Å². The summed E-state index contributed by atoms with van der Waals surface area (Å²) in [6.45, 7) is 6.59. The molecule has 0 amide bonds. The van der Waals surface area contributed by atoms with Crippen molar-refractivity contribution in [1.82, 2.24) is 4.72 Å². The van der Waals surface area contributed by atoms with Gasteiger partial charge in [-0.1, -0.05) is 25.1 Å². The first-order valence-electron chi connectivity index (χ1n) is 12.9. The molecule has 0 bridgehead atoms. The SMILES string of the molecule is C[C@H](NS(=O)(=O)c1ccccc1)[C@H]1CC[C@H]2[C@@H]3CC[C@@H]4C[C@](C)(O)CC[C@@H]4[C@H]3CC[C@]12C. The molecule has 4 aliphatic carbocycles. The molecule has 32 heavy (non-hydrogen) atoms. The summed E-state index contributed by atoms with van der Waals surface area (Å²) < 4.78 is 29.0. The zero-order valence-electron chi connectivity index (χ0n) is 20.0. The molecule has 5 rings (SSSR count). The molecule has 5 heteroatoms. The number of aliphatic hydroxyl groups is 1. The quantitative estimate of drug-likeness (QED) is 0.636. The maximum absolute atomic E-state index is 13.0. The first kappa shape index (κ1) is 22.9. The molecule has 0 aliphatic heterocycles. The van der Waals surface area contributed by atoms with Gasteiger partial charge in [0.2, 0.25) is 10.0 Å². The molecule has 9 atom stereocenters. The minimum atomic E-state index is -3.49. The molecule has 0 radical (unpaired) electrons.